The smallest absolute Gasteiger partial charge is 0.0946 e. The van der Waals surface area contributed by atoms with E-state index in [-0.39, 0.29) is 4.75 Å². The number of nitrogens with zero attached hydrogens (tertiary/aromatic N) is 2. The first-order valence-electron chi connectivity index (χ1n) is 8.28. The van der Waals surface area contributed by atoms with Gasteiger partial charge in [-0.05, 0) is 81.5 Å². The summed E-state index contributed by atoms with van der Waals surface area (Å²) in [5.74, 6) is 0. The van der Waals surface area contributed by atoms with E-state index in [9.17, 15) is 0 Å². The van der Waals surface area contributed by atoms with E-state index >= 15 is 0 Å². The highest BCUT2D eigenvalue weighted by atomic mass is 79.9. The molecule has 1 heterocycles. The average molecular weight is 559 g/mol. The number of hydrogen-bond donors (Lipinski definition) is 0. The molecule has 0 saturated carbocycles. The van der Waals surface area contributed by atoms with Gasteiger partial charge in [-0.2, -0.15) is 0 Å². The van der Waals surface area contributed by atoms with Crippen LogP contribution in [0, 0.1) is 0 Å². The molecule has 0 amide bonds. The summed E-state index contributed by atoms with van der Waals surface area (Å²) in [6.07, 6.45) is 7.87. The zero-order valence-electron chi connectivity index (χ0n) is 14.3. The lowest BCUT2D eigenvalue weighted by molar-refractivity contribution is 0.495. The second-order valence-corrected chi connectivity index (χ2v) is 10.7. The lowest BCUT2D eigenvalue weighted by Gasteiger charge is -2.30. The van der Waals surface area contributed by atoms with Crippen molar-refractivity contribution < 1.29 is 0 Å². The highest BCUT2D eigenvalue weighted by Crippen LogP contribution is 2.44. The summed E-state index contributed by atoms with van der Waals surface area (Å²) >= 11 is 12.8. The van der Waals surface area contributed by atoms with Gasteiger partial charge in [0.1, 0.15) is 0 Å². The molecule has 1 unspecified atom stereocenters. The van der Waals surface area contributed by atoms with Gasteiger partial charge in [-0.25, -0.2) is 4.98 Å². The van der Waals surface area contributed by atoms with Crippen LogP contribution in [0.3, 0.4) is 0 Å². The van der Waals surface area contributed by atoms with Gasteiger partial charge in [0.05, 0.1) is 6.33 Å². The van der Waals surface area contributed by atoms with Gasteiger partial charge >= 0.3 is 0 Å². The minimum atomic E-state index is 0.0279. The monoisotopic (exact) mass is 556 g/mol. The van der Waals surface area contributed by atoms with Crippen LogP contribution in [-0.2, 0) is 13.0 Å². The Morgan fingerprint density at radius 1 is 1.04 bits per heavy atom. The zero-order valence-corrected chi connectivity index (χ0v) is 19.9. The fourth-order valence-electron chi connectivity index (χ4n) is 2.82. The number of hydrogen-bond acceptors (Lipinski definition) is 2. The molecule has 0 saturated heterocycles. The molecule has 0 fully saturated rings. The summed E-state index contributed by atoms with van der Waals surface area (Å²) in [4.78, 5) is 5.45. The Morgan fingerprint density at radius 3 is 2.35 bits per heavy atom. The summed E-state index contributed by atoms with van der Waals surface area (Å²) < 4.78 is 5.56. The van der Waals surface area contributed by atoms with Gasteiger partial charge in [0.2, 0.25) is 0 Å². The van der Waals surface area contributed by atoms with Crippen LogP contribution >= 0.6 is 59.6 Å². The molecule has 0 N–H and O–H groups in total. The minimum absolute atomic E-state index is 0.0279. The summed E-state index contributed by atoms with van der Waals surface area (Å²) in [5, 5.41) is 0. The number of halogens is 3. The van der Waals surface area contributed by atoms with E-state index in [1.54, 1.807) is 0 Å². The first-order chi connectivity index (χ1) is 12.5. The van der Waals surface area contributed by atoms with Crippen LogP contribution in [0.2, 0.25) is 0 Å². The summed E-state index contributed by atoms with van der Waals surface area (Å²) in [7, 11) is 0. The van der Waals surface area contributed by atoms with Crippen molar-refractivity contribution in [3.05, 3.63) is 80.2 Å². The lowest BCUT2D eigenvalue weighted by atomic mass is 10.00. The first kappa shape index (κ1) is 20.2. The molecule has 3 aromatic rings. The molecule has 136 valence electrons. The number of aryl methyl sites for hydroxylation is 1. The largest absolute Gasteiger partial charge is 0.336 e. The van der Waals surface area contributed by atoms with Gasteiger partial charge in [-0.3, -0.25) is 0 Å². The van der Waals surface area contributed by atoms with Crippen molar-refractivity contribution in [2.75, 3.05) is 0 Å². The predicted octanol–water partition coefficient (Wildman–Crippen LogP) is 7.35. The molecule has 1 atom stereocenters. The Labute approximate surface area is 184 Å². The fourth-order valence-corrected chi connectivity index (χ4v) is 5.81. The number of rotatable bonds is 7. The molecule has 0 aliphatic carbocycles. The highest BCUT2D eigenvalue weighted by Gasteiger charge is 2.28. The number of imidazole rings is 1. The van der Waals surface area contributed by atoms with Crippen LogP contribution in [0.4, 0.5) is 0 Å². The van der Waals surface area contributed by atoms with Crippen molar-refractivity contribution in [1.82, 2.24) is 9.55 Å². The Hall–Kier alpha value is -0.560. The van der Waals surface area contributed by atoms with Crippen molar-refractivity contribution in [2.45, 2.75) is 36.0 Å². The molecule has 0 bridgehead atoms. The van der Waals surface area contributed by atoms with Gasteiger partial charge in [0.15, 0.2) is 0 Å². The molecule has 2 nitrogen and oxygen atoms in total. The van der Waals surface area contributed by atoms with Crippen molar-refractivity contribution in [2.24, 2.45) is 0 Å². The Balaban J connectivity index is 1.82. The van der Waals surface area contributed by atoms with Gasteiger partial charge in [-0.1, -0.05) is 34.1 Å². The molecule has 1 aromatic heterocycles. The molecule has 0 radical (unpaired) electrons. The normalized spacial score (nSPS) is 13.5. The summed E-state index contributed by atoms with van der Waals surface area (Å²) in [6.45, 7) is 3.24. The molecule has 26 heavy (non-hydrogen) atoms. The van der Waals surface area contributed by atoms with Gasteiger partial charge in [0.25, 0.3) is 0 Å². The molecule has 3 rings (SSSR count). The highest BCUT2D eigenvalue weighted by molar-refractivity contribution is 9.11. The molecule has 2 aromatic carbocycles. The standard InChI is InChI=1S/C20H19Br3N2S/c1-20(13-25-12-11-24-14-25,10-9-15-5-7-16(21)8-6-15)26-19-17(22)3-2-4-18(19)23/h2-8,11-12,14H,9-10,13H2,1H3. The maximum Gasteiger partial charge on any atom is 0.0946 e. The second kappa shape index (κ2) is 9.09. The minimum Gasteiger partial charge on any atom is -0.336 e. The topological polar surface area (TPSA) is 17.8 Å². The van der Waals surface area contributed by atoms with Crippen molar-refractivity contribution in [3.8, 4) is 0 Å². The van der Waals surface area contributed by atoms with E-state index in [4.69, 9.17) is 0 Å². The molecule has 0 aliphatic rings. The van der Waals surface area contributed by atoms with Crippen LogP contribution in [-0.4, -0.2) is 14.3 Å². The van der Waals surface area contributed by atoms with Crippen molar-refractivity contribution in [1.29, 1.82) is 0 Å². The third-order valence-corrected chi connectivity index (χ3v) is 8.04. The van der Waals surface area contributed by atoms with E-state index < -0.39 is 0 Å². The molecular formula is C20H19Br3N2S. The van der Waals surface area contributed by atoms with Gasteiger partial charge in [0, 0.05) is 42.0 Å². The lowest BCUT2D eigenvalue weighted by Crippen LogP contribution is -2.27. The molecule has 6 heteroatoms. The quantitative estimate of drug-likeness (QED) is 0.282. The fraction of sp³-hybridized carbons (Fsp3) is 0.250. The van der Waals surface area contributed by atoms with Crippen LogP contribution in [0.25, 0.3) is 0 Å². The van der Waals surface area contributed by atoms with E-state index in [2.05, 4.69) is 101 Å². The molecule has 0 aliphatic heterocycles. The van der Waals surface area contributed by atoms with Gasteiger partial charge < -0.3 is 4.57 Å². The second-order valence-electron chi connectivity index (χ2n) is 6.46. The first-order valence-corrected chi connectivity index (χ1v) is 11.5. The molecular weight excluding hydrogens is 540 g/mol. The van der Waals surface area contributed by atoms with Crippen molar-refractivity contribution in [3.63, 3.8) is 0 Å². The number of benzene rings is 2. The summed E-state index contributed by atoms with van der Waals surface area (Å²) in [5.41, 5.74) is 1.36. The maximum atomic E-state index is 4.21. The van der Waals surface area contributed by atoms with Gasteiger partial charge in [-0.15, -0.1) is 11.8 Å². The average Bonchev–Trinajstić information content (AvgIpc) is 3.11. The number of thioether (sulfide) groups is 1. The van der Waals surface area contributed by atoms with E-state index in [0.29, 0.717) is 0 Å². The maximum absolute atomic E-state index is 4.21. The zero-order chi connectivity index (χ0) is 18.6. The van der Waals surface area contributed by atoms with Crippen LogP contribution in [0.5, 0.6) is 0 Å². The SMILES string of the molecule is CC(CCc1ccc(Br)cc1)(Cn1ccnc1)Sc1c(Br)cccc1Br. The predicted molar refractivity (Wildman–Crippen MR) is 121 cm³/mol. The van der Waals surface area contributed by atoms with Crippen LogP contribution in [0.15, 0.2) is 79.5 Å². The summed E-state index contributed by atoms with van der Waals surface area (Å²) in [6, 6.07) is 14.9. The third kappa shape index (κ3) is 5.47. The van der Waals surface area contributed by atoms with Crippen LogP contribution in [0.1, 0.15) is 18.9 Å². The Morgan fingerprint density at radius 2 is 1.73 bits per heavy atom. The van der Waals surface area contributed by atoms with E-state index in [1.807, 2.05) is 36.5 Å². The third-order valence-electron chi connectivity index (χ3n) is 4.20. The Kier molecular flexibility index (Phi) is 7.05. The van der Waals surface area contributed by atoms with E-state index in [1.165, 1.54) is 10.5 Å². The van der Waals surface area contributed by atoms with E-state index in [0.717, 1.165) is 32.8 Å². The molecule has 0 spiro atoms. The van der Waals surface area contributed by atoms with Crippen LogP contribution < -0.4 is 0 Å². The Bertz CT molecular complexity index is 830. The number of aromatic nitrogens is 2. The van der Waals surface area contributed by atoms with Crippen molar-refractivity contribution >= 4 is 59.6 Å².